The fraction of sp³-hybridized carbons (Fsp3) is 0.263. The van der Waals surface area contributed by atoms with Gasteiger partial charge in [0, 0.05) is 13.1 Å². The standard InChI is InChI=1S/C19H18F2N2O2/c20-15-5-1-13(2-6-15)11-18(24)22-17-9-10-23(19(17)25)12-14-3-7-16(21)8-4-14/h1-8,17H,9-12H2,(H,22,24)/t17-/m1/s1. The van der Waals surface area contributed by atoms with E-state index in [-0.39, 0.29) is 29.9 Å². The fourth-order valence-corrected chi connectivity index (χ4v) is 2.87. The highest BCUT2D eigenvalue weighted by Gasteiger charge is 2.32. The van der Waals surface area contributed by atoms with Crippen molar-refractivity contribution >= 4 is 11.8 Å². The number of hydrogen-bond acceptors (Lipinski definition) is 2. The van der Waals surface area contributed by atoms with Gasteiger partial charge in [-0.25, -0.2) is 8.78 Å². The molecule has 6 heteroatoms. The summed E-state index contributed by atoms with van der Waals surface area (Å²) in [4.78, 5) is 26.1. The van der Waals surface area contributed by atoms with Crippen LogP contribution in [0.5, 0.6) is 0 Å². The van der Waals surface area contributed by atoms with Crippen molar-refractivity contribution in [3.63, 3.8) is 0 Å². The summed E-state index contributed by atoms with van der Waals surface area (Å²) < 4.78 is 25.8. The van der Waals surface area contributed by atoms with Gasteiger partial charge in [0.1, 0.15) is 17.7 Å². The third-order valence-corrected chi connectivity index (χ3v) is 4.20. The molecule has 1 atom stereocenters. The van der Waals surface area contributed by atoms with E-state index in [1.807, 2.05) is 0 Å². The van der Waals surface area contributed by atoms with E-state index < -0.39 is 6.04 Å². The maximum Gasteiger partial charge on any atom is 0.245 e. The van der Waals surface area contributed by atoms with Crippen LogP contribution >= 0.6 is 0 Å². The number of carbonyl (C=O) groups is 2. The van der Waals surface area contributed by atoms with E-state index in [0.717, 1.165) is 5.56 Å². The maximum absolute atomic E-state index is 12.9. The van der Waals surface area contributed by atoms with Gasteiger partial charge in [0.05, 0.1) is 6.42 Å². The van der Waals surface area contributed by atoms with Crippen LogP contribution in [0, 0.1) is 11.6 Å². The van der Waals surface area contributed by atoms with E-state index in [9.17, 15) is 18.4 Å². The van der Waals surface area contributed by atoms with Gasteiger partial charge >= 0.3 is 0 Å². The number of carbonyl (C=O) groups excluding carboxylic acids is 2. The van der Waals surface area contributed by atoms with Gasteiger partial charge in [0.2, 0.25) is 11.8 Å². The molecule has 0 radical (unpaired) electrons. The number of nitrogens with zero attached hydrogens (tertiary/aromatic N) is 1. The van der Waals surface area contributed by atoms with Crippen molar-refractivity contribution in [1.82, 2.24) is 10.2 Å². The zero-order valence-electron chi connectivity index (χ0n) is 13.5. The highest BCUT2D eigenvalue weighted by Crippen LogP contribution is 2.16. The van der Waals surface area contributed by atoms with Crippen LogP contribution in [0.4, 0.5) is 8.78 Å². The number of likely N-dealkylation sites (tertiary alicyclic amines) is 1. The molecule has 2 aromatic rings. The lowest BCUT2D eigenvalue weighted by Gasteiger charge is -2.17. The monoisotopic (exact) mass is 344 g/mol. The van der Waals surface area contributed by atoms with Gasteiger partial charge in [-0.2, -0.15) is 0 Å². The summed E-state index contributed by atoms with van der Waals surface area (Å²) in [5, 5.41) is 2.73. The highest BCUT2D eigenvalue weighted by atomic mass is 19.1. The molecule has 130 valence electrons. The lowest BCUT2D eigenvalue weighted by Crippen LogP contribution is -2.41. The molecule has 1 saturated heterocycles. The zero-order valence-corrected chi connectivity index (χ0v) is 13.5. The highest BCUT2D eigenvalue weighted by molar-refractivity contribution is 5.89. The molecule has 0 saturated carbocycles. The van der Waals surface area contributed by atoms with Crippen LogP contribution in [0.25, 0.3) is 0 Å². The lowest BCUT2D eigenvalue weighted by molar-refractivity contribution is -0.132. The molecule has 0 bridgehead atoms. The molecule has 0 unspecified atom stereocenters. The average Bonchev–Trinajstić information content (AvgIpc) is 2.92. The van der Waals surface area contributed by atoms with E-state index in [1.54, 1.807) is 29.2 Å². The van der Waals surface area contributed by atoms with Gasteiger partial charge in [-0.15, -0.1) is 0 Å². The molecular formula is C19H18F2N2O2. The average molecular weight is 344 g/mol. The Morgan fingerprint density at radius 1 is 1.00 bits per heavy atom. The van der Waals surface area contributed by atoms with Crippen molar-refractivity contribution in [3.8, 4) is 0 Å². The van der Waals surface area contributed by atoms with Crippen molar-refractivity contribution in [3.05, 3.63) is 71.3 Å². The first kappa shape index (κ1) is 17.1. The number of halogens is 2. The van der Waals surface area contributed by atoms with Gasteiger partial charge in [-0.3, -0.25) is 9.59 Å². The van der Waals surface area contributed by atoms with E-state index in [2.05, 4.69) is 5.32 Å². The lowest BCUT2D eigenvalue weighted by atomic mass is 10.1. The summed E-state index contributed by atoms with van der Waals surface area (Å²) in [5.41, 5.74) is 1.53. The molecule has 4 nitrogen and oxygen atoms in total. The van der Waals surface area contributed by atoms with Gasteiger partial charge in [0.15, 0.2) is 0 Å². The Morgan fingerprint density at radius 3 is 2.16 bits per heavy atom. The van der Waals surface area contributed by atoms with Crippen LogP contribution in [0.3, 0.4) is 0 Å². The van der Waals surface area contributed by atoms with E-state index in [1.165, 1.54) is 24.3 Å². The molecule has 1 aliphatic heterocycles. The Morgan fingerprint density at radius 2 is 1.56 bits per heavy atom. The molecule has 25 heavy (non-hydrogen) atoms. The molecule has 3 rings (SSSR count). The van der Waals surface area contributed by atoms with Gasteiger partial charge in [-0.1, -0.05) is 24.3 Å². The SMILES string of the molecule is O=C(Cc1ccc(F)cc1)N[C@@H]1CCN(Cc2ccc(F)cc2)C1=O. The number of rotatable bonds is 5. The molecule has 1 N–H and O–H groups in total. The molecule has 0 spiro atoms. The van der Waals surface area contributed by atoms with E-state index in [0.29, 0.717) is 25.1 Å². The van der Waals surface area contributed by atoms with Crippen LogP contribution in [-0.2, 0) is 22.6 Å². The van der Waals surface area contributed by atoms with Gasteiger partial charge < -0.3 is 10.2 Å². The zero-order chi connectivity index (χ0) is 17.8. The number of amides is 2. The molecule has 1 aliphatic rings. The topological polar surface area (TPSA) is 49.4 Å². The quantitative estimate of drug-likeness (QED) is 0.906. The van der Waals surface area contributed by atoms with Gasteiger partial charge in [-0.05, 0) is 41.8 Å². The van der Waals surface area contributed by atoms with Crippen LogP contribution in [-0.4, -0.2) is 29.3 Å². The first-order chi connectivity index (χ1) is 12.0. The molecule has 0 aliphatic carbocycles. The summed E-state index contributed by atoms with van der Waals surface area (Å²) >= 11 is 0. The smallest absolute Gasteiger partial charge is 0.245 e. The second kappa shape index (κ2) is 7.42. The number of nitrogens with one attached hydrogen (secondary N) is 1. The second-order valence-electron chi connectivity index (χ2n) is 6.10. The van der Waals surface area contributed by atoms with Crippen molar-refractivity contribution in [2.24, 2.45) is 0 Å². The minimum Gasteiger partial charge on any atom is -0.344 e. The van der Waals surface area contributed by atoms with Crippen molar-refractivity contribution < 1.29 is 18.4 Å². The maximum atomic E-state index is 12.9. The predicted octanol–water partition coefficient (Wildman–Crippen LogP) is 2.42. The second-order valence-corrected chi connectivity index (χ2v) is 6.10. The molecule has 1 heterocycles. The third kappa shape index (κ3) is 4.41. The van der Waals surface area contributed by atoms with Crippen LogP contribution in [0.1, 0.15) is 17.5 Å². The normalized spacial score (nSPS) is 17.0. The molecule has 2 aromatic carbocycles. The van der Waals surface area contributed by atoms with Crippen LogP contribution in [0.2, 0.25) is 0 Å². The van der Waals surface area contributed by atoms with Crippen molar-refractivity contribution in [1.29, 1.82) is 0 Å². The molecular weight excluding hydrogens is 326 g/mol. The molecule has 0 aromatic heterocycles. The van der Waals surface area contributed by atoms with Crippen LogP contribution < -0.4 is 5.32 Å². The summed E-state index contributed by atoms with van der Waals surface area (Å²) in [6.45, 7) is 0.932. The third-order valence-electron chi connectivity index (χ3n) is 4.20. The minimum absolute atomic E-state index is 0.0992. The van der Waals surface area contributed by atoms with E-state index >= 15 is 0 Å². The van der Waals surface area contributed by atoms with Crippen molar-refractivity contribution in [2.75, 3.05) is 6.54 Å². The predicted molar refractivity (Wildman–Crippen MR) is 88.5 cm³/mol. The Hall–Kier alpha value is -2.76. The summed E-state index contributed by atoms with van der Waals surface area (Å²) in [5.74, 6) is -1.08. The number of benzene rings is 2. The first-order valence-electron chi connectivity index (χ1n) is 8.08. The first-order valence-corrected chi connectivity index (χ1v) is 8.08. The fourth-order valence-electron chi connectivity index (χ4n) is 2.87. The summed E-state index contributed by atoms with van der Waals surface area (Å²) in [6.07, 6.45) is 0.636. The summed E-state index contributed by atoms with van der Waals surface area (Å²) in [6, 6.07) is 11.1. The minimum atomic E-state index is -0.548. The molecule has 1 fully saturated rings. The Kier molecular flexibility index (Phi) is 5.07. The van der Waals surface area contributed by atoms with Crippen LogP contribution in [0.15, 0.2) is 48.5 Å². The summed E-state index contributed by atoms with van der Waals surface area (Å²) in [7, 11) is 0. The Balaban J connectivity index is 1.53. The largest absolute Gasteiger partial charge is 0.344 e. The Labute approximate surface area is 144 Å². The Bertz CT molecular complexity index is 760. The van der Waals surface area contributed by atoms with Gasteiger partial charge in [0.25, 0.3) is 0 Å². The van der Waals surface area contributed by atoms with Crippen molar-refractivity contribution in [2.45, 2.75) is 25.4 Å². The van der Waals surface area contributed by atoms with E-state index in [4.69, 9.17) is 0 Å². The number of hydrogen-bond donors (Lipinski definition) is 1. The molecule has 2 amide bonds.